The molecule has 4 nitrogen and oxygen atoms in total. The first-order chi connectivity index (χ1) is 9.56. The average molecular weight is 275 g/mol. The maximum atomic E-state index is 12.0. The normalized spacial score (nSPS) is 21.4. The molecule has 2 rings (SSSR count). The third-order valence-electron chi connectivity index (χ3n) is 3.24. The topological polar surface area (TPSA) is 49.8 Å². The highest BCUT2D eigenvalue weighted by Crippen LogP contribution is 2.20. The van der Waals surface area contributed by atoms with Crippen molar-refractivity contribution >= 4 is 5.91 Å². The fourth-order valence-electron chi connectivity index (χ4n) is 2.32. The Morgan fingerprint density at radius 1 is 1.35 bits per heavy atom. The number of benzene rings is 1. The molecule has 108 valence electrons. The number of carbonyl (C=O) groups is 1. The fourth-order valence-corrected chi connectivity index (χ4v) is 2.32. The van der Waals surface area contributed by atoms with Crippen LogP contribution in [-0.4, -0.2) is 34.4 Å². The smallest absolute Gasteiger partial charge is 0.250 e. The summed E-state index contributed by atoms with van der Waals surface area (Å²) in [5, 5.41) is 10.8. The first-order valence-corrected chi connectivity index (χ1v) is 6.95. The molecule has 1 N–H and O–H groups in total. The van der Waals surface area contributed by atoms with E-state index in [-0.39, 0.29) is 30.6 Å². The molecule has 1 aliphatic rings. The third-order valence-corrected chi connectivity index (χ3v) is 3.24. The molecule has 4 heteroatoms. The van der Waals surface area contributed by atoms with E-state index < -0.39 is 0 Å². The Bertz CT molecular complexity index is 470. The van der Waals surface area contributed by atoms with Crippen LogP contribution in [0, 0.1) is 0 Å². The van der Waals surface area contributed by atoms with Crippen LogP contribution in [0.5, 0.6) is 0 Å². The number of hydrogen-bond donors (Lipinski definition) is 1. The Balaban J connectivity index is 1.87. The lowest BCUT2D eigenvalue weighted by atomic mass is 10.1. The lowest BCUT2D eigenvalue weighted by Gasteiger charge is -2.22. The van der Waals surface area contributed by atoms with E-state index in [0.29, 0.717) is 6.42 Å². The second kappa shape index (κ2) is 6.68. The molecule has 0 aromatic heterocycles. The van der Waals surface area contributed by atoms with Gasteiger partial charge in [0.05, 0.1) is 24.7 Å². The maximum absolute atomic E-state index is 12.0. The van der Waals surface area contributed by atoms with Crippen molar-refractivity contribution in [1.82, 2.24) is 5.06 Å². The predicted octanol–water partition coefficient (Wildman–Crippen LogP) is 2.57. The summed E-state index contributed by atoms with van der Waals surface area (Å²) >= 11 is 0. The van der Waals surface area contributed by atoms with Gasteiger partial charge in [0.1, 0.15) is 0 Å². The van der Waals surface area contributed by atoms with E-state index in [1.807, 2.05) is 56.3 Å². The zero-order chi connectivity index (χ0) is 14.5. The second-order valence-electron chi connectivity index (χ2n) is 5.31. The van der Waals surface area contributed by atoms with E-state index in [1.54, 1.807) is 0 Å². The average Bonchev–Trinajstić information content (AvgIpc) is 2.86. The van der Waals surface area contributed by atoms with Gasteiger partial charge in [-0.25, -0.2) is 5.06 Å². The molecule has 0 radical (unpaired) electrons. The van der Waals surface area contributed by atoms with Crippen LogP contribution in [0.1, 0.15) is 25.8 Å². The van der Waals surface area contributed by atoms with Crippen LogP contribution in [0.25, 0.3) is 0 Å². The molecule has 1 aromatic carbocycles. The van der Waals surface area contributed by atoms with Crippen molar-refractivity contribution in [1.29, 1.82) is 0 Å². The highest BCUT2D eigenvalue weighted by Gasteiger charge is 2.27. The standard InChI is InChI=1S/C16H21NO3/c1-12(2)20-15-9-8-14(11-15)17(19)16(18)10-13-6-4-3-5-7-13/h3-9,12,14-15,19H,10-11H2,1-2H3/t14-,15-/m1/s1. The van der Waals surface area contributed by atoms with Crippen molar-refractivity contribution in [2.24, 2.45) is 0 Å². The molecule has 1 aliphatic carbocycles. The fraction of sp³-hybridized carbons (Fsp3) is 0.438. The van der Waals surface area contributed by atoms with Gasteiger partial charge in [-0.3, -0.25) is 10.0 Å². The van der Waals surface area contributed by atoms with Crippen LogP contribution in [0.15, 0.2) is 42.5 Å². The minimum Gasteiger partial charge on any atom is -0.371 e. The number of ether oxygens (including phenoxy) is 1. The Labute approximate surface area is 119 Å². The van der Waals surface area contributed by atoms with Crippen molar-refractivity contribution in [2.45, 2.75) is 44.9 Å². The Kier molecular flexibility index (Phi) is 4.93. The monoisotopic (exact) mass is 275 g/mol. The van der Waals surface area contributed by atoms with Gasteiger partial charge in [-0.05, 0) is 19.4 Å². The lowest BCUT2D eigenvalue weighted by molar-refractivity contribution is -0.172. The number of hydrogen-bond acceptors (Lipinski definition) is 3. The molecule has 0 bridgehead atoms. The molecular formula is C16H21NO3. The van der Waals surface area contributed by atoms with Gasteiger partial charge >= 0.3 is 0 Å². The molecular weight excluding hydrogens is 254 g/mol. The molecule has 0 saturated heterocycles. The molecule has 2 atom stereocenters. The summed E-state index contributed by atoms with van der Waals surface area (Å²) in [7, 11) is 0. The van der Waals surface area contributed by atoms with E-state index in [9.17, 15) is 10.0 Å². The van der Waals surface area contributed by atoms with E-state index in [4.69, 9.17) is 4.74 Å². The van der Waals surface area contributed by atoms with Crippen LogP contribution in [-0.2, 0) is 16.0 Å². The molecule has 0 unspecified atom stereocenters. The molecule has 1 aromatic rings. The molecule has 20 heavy (non-hydrogen) atoms. The summed E-state index contributed by atoms with van der Waals surface area (Å²) in [6.45, 7) is 3.94. The van der Waals surface area contributed by atoms with Crippen molar-refractivity contribution in [3.63, 3.8) is 0 Å². The Morgan fingerprint density at radius 3 is 2.70 bits per heavy atom. The van der Waals surface area contributed by atoms with Gasteiger partial charge < -0.3 is 4.74 Å². The first kappa shape index (κ1) is 14.8. The second-order valence-corrected chi connectivity index (χ2v) is 5.31. The number of hydroxylamine groups is 2. The van der Waals surface area contributed by atoms with E-state index in [1.165, 1.54) is 0 Å². The number of nitrogens with zero attached hydrogens (tertiary/aromatic N) is 1. The van der Waals surface area contributed by atoms with Crippen LogP contribution in [0.3, 0.4) is 0 Å². The van der Waals surface area contributed by atoms with Crippen molar-refractivity contribution in [3.05, 3.63) is 48.0 Å². The summed E-state index contributed by atoms with van der Waals surface area (Å²) in [5.74, 6) is -0.295. The van der Waals surface area contributed by atoms with E-state index in [2.05, 4.69) is 0 Å². The predicted molar refractivity (Wildman–Crippen MR) is 76.3 cm³/mol. The Morgan fingerprint density at radius 2 is 2.05 bits per heavy atom. The van der Waals surface area contributed by atoms with Gasteiger partial charge in [0.25, 0.3) is 5.91 Å². The van der Waals surface area contributed by atoms with Crippen LogP contribution in [0.4, 0.5) is 0 Å². The summed E-state index contributed by atoms with van der Waals surface area (Å²) in [5.41, 5.74) is 0.897. The van der Waals surface area contributed by atoms with Crippen molar-refractivity contribution < 1.29 is 14.7 Å². The van der Waals surface area contributed by atoms with Gasteiger partial charge in [0, 0.05) is 6.42 Å². The maximum Gasteiger partial charge on any atom is 0.250 e. The van der Waals surface area contributed by atoms with Crippen molar-refractivity contribution in [3.8, 4) is 0 Å². The highest BCUT2D eigenvalue weighted by molar-refractivity contribution is 5.78. The first-order valence-electron chi connectivity index (χ1n) is 6.95. The zero-order valence-electron chi connectivity index (χ0n) is 11.9. The van der Waals surface area contributed by atoms with Gasteiger partial charge in [0.2, 0.25) is 0 Å². The number of rotatable bonds is 5. The van der Waals surface area contributed by atoms with Gasteiger partial charge in [-0.15, -0.1) is 0 Å². The number of amides is 1. The lowest BCUT2D eigenvalue weighted by Crippen LogP contribution is -2.37. The number of carbonyl (C=O) groups excluding carboxylic acids is 1. The largest absolute Gasteiger partial charge is 0.371 e. The zero-order valence-corrected chi connectivity index (χ0v) is 11.9. The summed E-state index contributed by atoms with van der Waals surface area (Å²) in [6.07, 6.45) is 4.65. The third kappa shape index (κ3) is 3.92. The quantitative estimate of drug-likeness (QED) is 0.510. The SMILES string of the molecule is CC(C)O[C@@H]1C=C[C@@H](N(O)C(=O)Cc2ccccc2)C1. The highest BCUT2D eigenvalue weighted by atomic mass is 16.5. The molecule has 1 amide bonds. The molecule has 0 spiro atoms. The van der Waals surface area contributed by atoms with Crippen molar-refractivity contribution in [2.75, 3.05) is 0 Å². The van der Waals surface area contributed by atoms with Gasteiger partial charge in [0.15, 0.2) is 0 Å². The van der Waals surface area contributed by atoms with E-state index >= 15 is 0 Å². The minimum atomic E-state index is -0.296. The van der Waals surface area contributed by atoms with Gasteiger partial charge in [-0.1, -0.05) is 42.5 Å². The van der Waals surface area contributed by atoms with Crippen LogP contribution in [0.2, 0.25) is 0 Å². The molecule has 0 saturated carbocycles. The molecule has 0 heterocycles. The van der Waals surface area contributed by atoms with Crippen LogP contribution >= 0.6 is 0 Å². The van der Waals surface area contributed by atoms with Crippen LogP contribution < -0.4 is 0 Å². The molecule has 0 fully saturated rings. The summed E-state index contributed by atoms with van der Waals surface area (Å²) < 4.78 is 5.65. The molecule has 0 aliphatic heterocycles. The van der Waals surface area contributed by atoms with Gasteiger partial charge in [-0.2, -0.15) is 0 Å². The Hall–Kier alpha value is -1.65. The summed E-state index contributed by atoms with van der Waals surface area (Å²) in [4.78, 5) is 12.0. The summed E-state index contributed by atoms with van der Waals surface area (Å²) in [6, 6.07) is 9.12. The minimum absolute atomic E-state index is 0.0285. The van der Waals surface area contributed by atoms with E-state index in [0.717, 1.165) is 10.6 Å².